The number of benzene rings is 2. The predicted octanol–water partition coefficient (Wildman–Crippen LogP) is 5.21. The van der Waals surface area contributed by atoms with Crippen molar-refractivity contribution in [1.82, 2.24) is 0 Å². The molecule has 0 aliphatic heterocycles. The normalized spacial score (nSPS) is 12.5. The molecule has 3 rings (SSSR count). The number of halogens is 2. The second-order valence-corrected chi connectivity index (χ2v) is 5.78. The molecule has 5 heteroatoms. The molecule has 0 bridgehead atoms. The predicted molar refractivity (Wildman–Crippen MR) is 84.0 cm³/mol. The van der Waals surface area contributed by atoms with Crippen LogP contribution in [0.15, 0.2) is 51.4 Å². The lowest BCUT2D eigenvalue weighted by Crippen LogP contribution is -2.05. The first-order valence-electron chi connectivity index (χ1n) is 6.47. The Balaban J connectivity index is 1.85. The van der Waals surface area contributed by atoms with Gasteiger partial charge in [-0.05, 0) is 43.3 Å². The fourth-order valence-corrected chi connectivity index (χ4v) is 2.54. The van der Waals surface area contributed by atoms with Gasteiger partial charge in [-0.15, -0.1) is 0 Å². The van der Waals surface area contributed by atoms with E-state index in [4.69, 9.17) is 4.42 Å². The van der Waals surface area contributed by atoms with Crippen LogP contribution in [0, 0.1) is 5.82 Å². The molecule has 21 heavy (non-hydrogen) atoms. The van der Waals surface area contributed by atoms with Gasteiger partial charge in [-0.3, -0.25) is 0 Å². The van der Waals surface area contributed by atoms with Gasteiger partial charge in [0, 0.05) is 21.6 Å². The van der Waals surface area contributed by atoms with Gasteiger partial charge in [0.15, 0.2) is 11.6 Å². The number of furan rings is 1. The van der Waals surface area contributed by atoms with E-state index in [-0.39, 0.29) is 11.8 Å². The molecular weight excluding hydrogens is 337 g/mol. The Morgan fingerprint density at radius 2 is 2.00 bits per heavy atom. The van der Waals surface area contributed by atoms with Gasteiger partial charge in [-0.25, -0.2) is 4.39 Å². The highest BCUT2D eigenvalue weighted by Gasteiger charge is 2.12. The molecule has 2 aromatic carbocycles. The summed E-state index contributed by atoms with van der Waals surface area (Å²) in [4.78, 5) is 0. The van der Waals surface area contributed by atoms with E-state index in [2.05, 4.69) is 21.2 Å². The van der Waals surface area contributed by atoms with Crippen LogP contribution in [0.2, 0.25) is 0 Å². The summed E-state index contributed by atoms with van der Waals surface area (Å²) in [6, 6.07) is 11.8. The van der Waals surface area contributed by atoms with Crippen molar-refractivity contribution in [3.05, 3.63) is 58.5 Å². The monoisotopic (exact) mass is 349 g/mol. The zero-order valence-corrected chi connectivity index (χ0v) is 12.8. The van der Waals surface area contributed by atoms with Gasteiger partial charge in [0.2, 0.25) is 0 Å². The molecule has 2 N–H and O–H groups in total. The molecule has 0 fully saturated rings. The summed E-state index contributed by atoms with van der Waals surface area (Å²) in [6.45, 7) is 1.93. The number of fused-ring (bicyclic) bond motifs is 1. The molecule has 0 spiro atoms. The second-order valence-electron chi connectivity index (χ2n) is 4.86. The van der Waals surface area contributed by atoms with Crippen LogP contribution < -0.4 is 5.32 Å². The lowest BCUT2D eigenvalue weighted by atomic mass is 10.2. The third-order valence-corrected chi connectivity index (χ3v) is 3.75. The van der Waals surface area contributed by atoms with E-state index in [0.29, 0.717) is 5.69 Å². The zero-order valence-electron chi connectivity index (χ0n) is 11.2. The van der Waals surface area contributed by atoms with Crippen molar-refractivity contribution >= 4 is 32.6 Å². The topological polar surface area (TPSA) is 45.4 Å². The largest absolute Gasteiger partial charge is 0.505 e. The standard InChI is InChI=1S/C16H13BrFNO2/c1-9(19-12-3-4-14(20)13(18)8-12)16-7-10-6-11(17)2-5-15(10)21-16/h2-9,19-20H,1H3. The number of hydrogen-bond acceptors (Lipinski definition) is 3. The van der Waals surface area contributed by atoms with E-state index in [1.807, 2.05) is 31.2 Å². The summed E-state index contributed by atoms with van der Waals surface area (Å²) in [7, 11) is 0. The quantitative estimate of drug-likeness (QED) is 0.637. The fourth-order valence-electron chi connectivity index (χ4n) is 2.17. The maximum absolute atomic E-state index is 13.3. The van der Waals surface area contributed by atoms with Gasteiger partial charge in [-0.1, -0.05) is 15.9 Å². The Bertz CT molecular complexity index is 800. The van der Waals surface area contributed by atoms with Crippen molar-refractivity contribution in [2.24, 2.45) is 0 Å². The number of rotatable bonds is 3. The smallest absolute Gasteiger partial charge is 0.166 e. The number of aromatic hydroxyl groups is 1. The highest BCUT2D eigenvalue weighted by molar-refractivity contribution is 9.10. The summed E-state index contributed by atoms with van der Waals surface area (Å²) < 4.78 is 20.1. The SMILES string of the molecule is CC(Nc1ccc(O)c(F)c1)c1cc2cc(Br)ccc2o1. The number of nitrogens with one attached hydrogen (secondary N) is 1. The zero-order chi connectivity index (χ0) is 15.0. The Labute approximate surface area is 129 Å². The molecule has 3 aromatic rings. The van der Waals surface area contributed by atoms with Crippen LogP contribution in [-0.2, 0) is 0 Å². The molecule has 0 aliphatic rings. The minimum atomic E-state index is -0.652. The van der Waals surface area contributed by atoms with Gasteiger partial charge in [-0.2, -0.15) is 0 Å². The van der Waals surface area contributed by atoms with E-state index in [1.54, 1.807) is 6.07 Å². The lowest BCUT2D eigenvalue weighted by molar-refractivity contribution is 0.432. The summed E-state index contributed by atoms with van der Waals surface area (Å²) in [5.74, 6) is -0.251. The molecule has 0 radical (unpaired) electrons. The number of hydrogen-bond donors (Lipinski definition) is 2. The maximum Gasteiger partial charge on any atom is 0.166 e. The first kappa shape index (κ1) is 13.9. The molecule has 0 aliphatic carbocycles. The number of anilines is 1. The van der Waals surface area contributed by atoms with Crippen molar-refractivity contribution in [1.29, 1.82) is 0 Å². The summed E-state index contributed by atoms with van der Waals surface area (Å²) in [5, 5.41) is 13.3. The van der Waals surface area contributed by atoms with E-state index >= 15 is 0 Å². The minimum Gasteiger partial charge on any atom is -0.505 e. The Morgan fingerprint density at radius 3 is 2.76 bits per heavy atom. The molecule has 1 unspecified atom stereocenters. The van der Waals surface area contributed by atoms with Crippen LogP contribution in [0.5, 0.6) is 5.75 Å². The third kappa shape index (κ3) is 2.88. The van der Waals surface area contributed by atoms with Crippen LogP contribution in [-0.4, -0.2) is 5.11 Å². The van der Waals surface area contributed by atoms with Crippen molar-refractivity contribution in [2.45, 2.75) is 13.0 Å². The first-order valence-corrected chi connectivity index (χ1v) is 7.26. The molecule has 108 valence electrons. The van der Waals surface area contributed by atoms with Crippen molar-refractivity contribution in [3.8, 4) is 5.75 Å². The fraction of sp³-hybridized carbons (Fsp3) is 0.125. The van der Waals surface area contributed by atoms with E-state index in [1.165, 1.54) is 12.1 Å². The van der Waals surface area contributed by atoms with Crippen molar-refractivity contribution < 1.29 is 13.9 Å². The number of phenols is 1. The van der Waals surface area contributed by atoms with E-state index in [9.17, 15) is 9.50 Å². The molecule has 1 aromatic heterocycles. The average molecular weight is 350 g/mol. The van der Waals surface area contributed by atoms with Crippen LogP contribution in [0.3, 0.4) is 0 Å². The van der Waals surface area contributed by atoms with Gasteiger partial charge in [0.05, 0.1) is 6.04 Å². The molecule has 0 saturated carbocycles. The summed E-state index contributed by atoms with van der Waals surface area (Å²) in [5.41, 5.74) is 1.39. The summed E-state index contributed by atoms with van der Waals surface area (Å²) in [6.07, 6.45) is 0. The average Bonchev–Trinajstić information content (AvgIpc) is 2.86. The molecule has 0 amide bonds. The van der Waals surface area contributed by atoms with Gasteiger partial charge in [0.1, 0.15) is 11.3 Å². The van der Waals surface area contributed by atoms with Gasteiger partial charge in [0.25, 0.3) is 0 Å². The Morgan fingerprint density at radius 1 is 1.19 bits per heavy atom. The van der Waals surface area contributed by atoms with Crippen LogP contribution >= 0.6 is 15.9 Å². The lowest BCUT2D eigenvalue weighted by Gasteiger charge is -2.13. The first-order chi connectivity index (χ1) is 10.0. The number of phenolic OH excluding ortho intramolecular Hbond substituents is 1. The molecule has 1 heterocycles. The second kappa shape index (κ2) is 5.41. The highest BCUT2D eigenvalue weighted by Crippen LogP contribution is 2.29. The summed E-state index contributed by atoms with van der Waals surface area (Å²) >= 11 is 3.42. The molecule has 0 saturated heterocycles. The van der Waals surface area contributed by atoms with E-state index in [0.717, 1.165) is 21.2 Å². The Kier molecular flexibility index (Phi) is 3.59. The molecule has 3 nitrogen and oxygen atoms in total. The molecule has 1 atom stereocenters. The van der Waals surface area contributed by atoms with Crippen LogP contribution in [0.1, 0.15) is 18.7 Å². The van der Waals surface area contributed by atoms with Gasteiger partial charge >= 0.3 is 0 Å². The third-order valence-electron chi connectivity index (χ3n) is 3.26. The van der Waals surface area contributed by atoms with Crippen molar-refractivity contribution in [2.75, 3.05) is 5.32 Å². The highest BCUT2D eigenvalue weighted by atomic mass is 79.9. The minimum absolute atomic E-state index is 0.125. The van der Waals surface area contributed by atoms with Crippen LogP contribution in [0.4, 0.5) is 10.1 Å². The van der Waals surface area contributed by atoms with Crippen LogP contribution in [0.25, 0.3) is 11.0 Å². The van der Waals surface area contributed by atoms with Crippen molar-refractivity contribution in [3.63, 3.8) is 0 Å². The van der Waals surface area contributed by atoms with E-state index < -0.39 is 5.82 Å². The van der Waals surface area contributed by atoms with Gasteiger partial charge < -0.3 is 14.8 Å². The molecular formula is C16H13BrFNO2. The Hall–Kier alpha value is -2.01. The maximum atomic E-state index is 13.3.